The first-order valence-electron chi connectivity index (χ1n) is 4.56. The highest BCUT2D eigenvalue weighted by atomic mass is 79.9. The normalized spacial score (nSPS) is 11.0. The second-order valence-corrected chi connectivity index (χ2v) is 4.45. The highest BCUT2D eigenvalue weighted by Crippen LogP contribution is 2.23. The van der Waals surface area contributed by atoms with E-state index >= 15 is 0 Å². The SMILES string of the molecule is OCC(CO)NCc1ccc(Cl)c(Br)c1. The van der Waals surface area contributed by atoms with Crippen LogP contribution in [-0.4, -0.2) is 29.5 Å². The Morgan fingerprint density at radius 2 is 2.00 bits per heavy atom. The number of aliphatic hydroxyl groups excluding tert-OH is 2. The van der Waals surface area contributed by atoms with Crippen LogP contribution in [0.2, 0.25) is 5.02 Å². The summed E-state index contributed by atoms with van der Waals surface area (Å²) in [4.78, 5) is 0. The van der Waals surface area contributed by atoms with Gasteiger partial charge in [0.25, 0.3) is 0 Å². The predicted molar refractivity (Wildman–Crippen MR) is 64.0 cm³/mol. The summed E-state index contributed by atoms with van der Waals surface area (Å²) in [5.74, 6) is 0. The molecule has 1 aromatic rings. The Morgan fingerprint density at radius 3 is 2.53 bits per heavy atom. The van der Waals surface area contributed by atoms with Gasteiger partial charge in [0, 0.05) is 11.0 Å². The largest absolute Gasteiger partial charge is 0.395 e. The zero-order chi connectivity index (χ0) is 11.3. The van der Waals surface area contributed by atoms with E-state index in [4.69, 9.17) is 21.8 Å². The molecule has 1 aromatic carbocycles. The molecule has 5 heteroatoms. The van der Waals surface area contributed by atoms with Gasteiger partial charge in [0.15, 0.2) is 0 Å². The van der Waals surface area contributed by atoms with Crippen molar-refractivity contribution in [2.24, 2.45) is 0 Å². The summed E-state index contributed by atoms with van der Waals surface area (Å²) in [6.07, 6.45) is 0. The first kappa shape index (κ1) is 12.9. The van der Waals surface area contributed by atoms with Gasteiger partial charge >= 0.3 is 0 Å². The van der Waals surface area contributed by atoms with Crippen LogP contribution < -0.4 is 5.32 Å². The molecule has 15 heavy (non-hydrogen) atoms. The van der Waals surface area contributed by atoms with Gasteiger partial charge in [-0.1, -0.05) is 17.7 Å². The Labute approximate surface area is 102 Å². The summed E-state index contributed by atoms with van der Waals surface area (Å²) in [6, 6.07) is 5.32. The molecule has 0 aliphatic heterocycles. The Bertz CT molecular complexity index is 318. The van der Waals surface area contributed by atoms with Gasteiger partial charge in [-0.2, -0.15) is 0 Å². The molecule has 0 fully saturated rings. The minimum atomic E-state index is -0.278. The molecule has 0 radical (unpaired) electrons. The summed E-state index contributed by atoms with van der Waals surface area (Å²) in [7, 11) is 0. The van der Waals surface area contributed by atoms with Gasteiger partial charge in [0.05, 0.1) is 24.3 Å². The fourth-order valence-electron chi connectivity index (χ4n) is 1.10. The lowest BCUT2D eigenvalue weighted by atomic mass is 10.2. The van der Waals surface area contributed by atoms with E-state index in [0.717, 1.165) is 10.0 Å². The summed E-state index contributed by atoms with van der Waals surface area (Å²) < 4.78 is 0.841. The number of halogens is 2. The van der Waals surface area contributed by atoms with Crippen LogP contribution in [0, 0.1) is 0 Å². The minimum absolute atomic E-state index is 0.0781. The van der Waals surface area contributed by atoms with Crippen LogP contribution in [0.1, 0.15) is 5.56 Å². The van der Waals surface area contributed by atoms with Gasteiger partial charge in [0.1, 0.15) is 0 Å². The van der Waals surface area contributed by atoms with Crippen molar-refractivity contribution < 1.29 is 10.2 Å². The van der Waals surface area contributed by atoms with Crippen LogP contribution >= 0.6 is 27.5 Å². The Kier molecular flexibility index (Phi) is 5.56. The molecule has 3 nitrogen and oxygen atoms in total. The molecule has 0 saturated heterocycles. The second kappa shape index (κ2) is 6.45. The molecule has 1 rings (SSSR count). The topological polar surface area (TPSA) is 52.5 Å². The van der Waals surface area contributed by atoms with E-state index in [1.807, 2.05) is 12.1 Å². The van der Waals surface area contributed by atoms with Crippen molar-refractivity contribution in [3.05, 3.63) is 33.3 Å². The Hall–Kier alpha value is -0.130. The van der Waals surface area contributed by atoms with E-state index < -0.39 is 0 Å². The Morgan fingerprint density at radius 1 is 1.33 bits per heavy atom. The third-order valence-corrected chi connectivity index (χ3v) is 3.23. The fraction of sp³-hybridized carbons (Fsp3) is 0.400. The monoisotopic (exact) mass is 293 g/mol. The summed E-state index contributed by atoms with van der Waals surface area (Å²) in [5, 5.41) is 21.4. The third kappa shape index (κ3) is 4.09. The Balaban J connectivity index is 2.54. The molecule has 3 N–H and O–H groups in total. The van der Waals surface area contributed by atoms with Crippen molar-refractivity contribution >= 4 is 27.5 Å². The summed E-state index contributed by atoms with van der Waals surface area (Å²) in [5.41, 5.74) is 1.04. The molecule has 0 aliphatic rings. The van der Waals surface area contributed by atoms with Crippen LogP contribution in [0.5, 0.6) is 0 Å². The fourth-order valence-corrected chi connectivity index (χ4v) is 1.64. The standard InChI is InChI=1S/C10H13BrClNO2/c11-9-3-7(1-2-10(9)12)4-13-8(5-14)6-15/h1-3,8,13-15H,4-6H2. The maximum absolute atomic E-state index is 8.85. The highest BCUT2D eigenvalue weighted by molar-refractivity contribution is 9.10. The van der Waals surface area contributed by atoms with E-state index in [9.17, 15) is 0 Å². The molecule has 0 heterocycles. The third-order valence-electron chi connectivity index (χ3n) is 2.02. The van der Waals surface area contributed by atoms with Crippen molar-refractivity contribution in [3.63, 3.8) is 0 Å². The molecule has 0 aliphatic carbocycles. The van der Waals surface area contributed by atoms with Gasteiger partial charge in [-0.25, -0.2) is 0 Å². The van der Waals surface area contributed by atoms with Crippen LogP contribution in [0.3, 0.4) is 0 Å². The molecule has 0 unspecified atom stereocenters. The quantitative estimate of drug-likeness (QED) is 0.772. The van der Waals surface area contributed by atoms with Gasteiger partial charge in [-0.15, -0.1) is 0 Å². The molecular weight excluding hydrogens is 281 g/mol. The molecule has 84 valence electrons. The lowest BCUT2D eigenvalue weighted by molar-refractivity contribution is 0.170. The molecule has 0 amide bonds. The number of aliphatic hydroxyl groups is 2. The van der Waals surface area contributed by atoms with Crippen LogP contribution in [0.15, 0.2) is 22.7 Å². The van der Waals surface area contributed by atoms with E-state index in [2.05, 4.69) is 21.2 Å². The molecule has 0 atom stereocenters. The number of hydrogen-bond donors (Lipinski definition) is 3. The number of hydrogen-bond acceptors (Lipinski definition) is 3. The summed E-state index contributed by atoms with van der Waals surface area (Å²) in [6.45, 7) is 0.429. The van der Waals surface area contributed by atoms with Crippen LogP contribution in [0.25, 0.3) is 0 Å². The van der Waals surface area contributed by atoms with E-state index in [1.54, 1.807) is 6.07 Å². The van der Waals surface area contributed by atoms with Gasteiger partial charge in [0.2, 0.25) is 0 Å². The maximum atomic E-state index is 8.85. The van der Waals surface area contributed by atoms with Gasteiger partial charge in [-0.05, 0) is 33.6 Å². The van der Waals surface area contributed by atoms with E-state index in [0.29, 0.717) is 11.6 Å². The lowest BCUT2D eigenvalue weighted by Gasteiger charge is -2.13. The average Bonchev–Trinajstić information content (AvgIpc) is 2.24. The van der Waals surface area contributed by atoms with Crippen molar-refractivity contribution in [1.29, 1.82) is 0 Å². The maximum Gasteiger partial charge on any atom is 0.0607 e. The zero-order valence-electron chi connectivity index (χ0n) is 8.08. The predicted octanol–water partition coefficient (Wildman–Crippen LogP) is 1.55. The molecule has 0 bridgehead atoms. The van der Waals surface area contributed by atoms with Crippen molar-refractivity contribution in [3.8, 4) is 0 Å². The number of nitrogens with one attached hydrogen (secondary N) is 1. The minimum Gasteiger partial charge on any atom is -0.395 e. The van der Waals surface area contributed by atoms with E-state index in [1.165, 1.54) is 0 Å². The smallest absolute Gasteiger partial charge is 0.0607 e. The van der Waals surface area contributed by atoms with Crippen molar-refractivity contribution in [2.45, 2.75) is 12.6 Å². The van der Waals surface area contributed by atoms with Crippen molar-refractivity contribution in [2.75, 3.05) is 13.2 Å². The zero-order valence-corrected chi connectivity index (χ0v) is 10.4. The summed E-state index contributed by atoms with van der Waals surface area (Å²) >= 11 is 9.18. The van der Waals surface area contributed by atoms with Gasteiger partial charge in [-0.3, -0.25) is 0 Å². The van der Waals surface area contributed by atoms with Gasteiger partial charge < -0.3 is 15.5 Å². The van der Waals surface area contributed by atoms with Crippen LogP contribution in [0.4, 0.5) is 0 Å². The molecule has 0 saturated carbocycles. The van der Waals surface area contributed by atoms with Crippen molar-refractivity contribution in [1.82, 2.24) is 5.32 Å². The van der Waals surface area contributed by atoms with E-state index in [-0.39, 0.29) is 19.3 Å². The first-order valence-corrected chi connectivity index (χ1v) is 5.73. The number of benzene rings is 1. The lowest BCUT2D eigenvalue weighted by Crippen LogP contribution is -2.35. The average molecular weight is 295 g/mol. The van der Waals surface area contributed by atoms with Crippen LogP contribution in [-0.2, 0) is 6.54 Å². The highest BCUT2D eigenvalue weighted by Gasteiger charge is 2.05. The molecule has 0 spiro atoms. The first-order chi connectivity index (χ1) is 7.17. The molecular formula is C10H13BrClNO2. The second-order valence-electron chi connectivity index (χ2n) is 3.19. The molecule has 0 aromatic heterocycles. The number of rotatable bonds is 5.